The van der Waals surface area contributed by atoms with Crippen molar-refractivity contribution in [2.75, 3.05) is 0 Å². The topological polar surface area (TPSA) is 76.0 Å². The molecule has 166 valence electrons. The predicted octanol–water partition coefficient (Wildman–Crippen LogP) is 4.58. The lowest BCUT2D eigenvalue weighted by Gasteiger charge is -2.43. The molecule has 0 aromatic heterocycles. The summed E-state index contributed by atoms with van der Waals surface area (Å²) in [5, 5.41) is 20.9. The molecule has 0 aromatic carbocycles. The van der Waals surface area contributed by atoms with Crippen molar-refractivity contribution >= 4 is 5.78 Å². The first-order valence-corrected chi connectivity index (χ1v) is 11.9. The molecule has 0 radical (unpaired) electrons. The second-order valence-corrected chi connectivity index (χ2v) is 9.44. The molecule has 0 aromatic rings. The van der Waals surface area contributed by atoms with E-state index < -0.39 is 23.6 Å². The van der Waals surface area contributed by atoms with E-state index in [4.69, 9.17) is 9.47 Å². The Kier molecular flexibility index (Phi) is 8.32. The third-order valence-corrected chi connectivity index (χ3v) is 6.88. The van der Waals surface area contributed by atoms with E-state index >= 15 is 0 Å². The summed E-state index contributed by atoms with van der Waals surface area (Å²) in [5.41, 5.74) is -0.840. The van der Waals surface area contributed by atoms with Crippen LogP contribution in [-0.2, 0) is 14.3 Å². The van der Waals surface area contributed by atoms with Gasteiger partial charge in [-0.1, -0.05) is 64.7 Å². The molecule has 2 saturated heterocycles. The SMILES string of the molecule is CCCCCCCCCCC[C@@H]1C[C@@H](O)C[C@]2(CC[C@]3(C=CC(=O)C[C@@H]3O)O2)O1. The fourth-order valence-corrected chi connectivity index (χ4v) is 5.19. The van der Waals surface area contributed by atoms with E-state index in [0.29, 0.717) is 25.7 Å². The zero-order valence-corrected chi connectivity index (χ0v) is 18.1. The smallest absolute Gasteiger partial charge is 0.172 e. The minimum Gasteiger partial charge on any atom is -0.393 e. The lowest BCUT2D eigenvalue weighted by atomic mass is 9.85. The highest BCUT2D eigenvalue weighted by Crippen LogP contribution is 2.49. The average Bonchev–Trinajstić information content (AvgIpc) is 3.02. The molecular weight excluding hydrogens is 368 g/mol. The summed E-state index contributed by atoms with van der Waals surface area (Å²) < 4.78 is 12.7. The molecule has 2 spiro atoms. The van der Waals surface area contributed by atoms with Crippen LogP contribution in [0.5, 0.6) is 0 Å². The number of carbonyl (C=O) groups is 1. The Morgan fingerprint density at radius 2 is 1.72 bits per heavy atom. The van der Waals surface area contributed by atoms with Crippen LogP contribution < -0.4 is 0 Å². The summed E-state index contributed by atoms with van der Waals surface area (Å²) in [6, 6.07) is 0. The third-order valence-electron chi connectivity index (χ3n) is 6.88. The molecule has 2 fully saturated rings. The molecule has 0 amide bonds. The molecule has 0 bridgehead atoms. The quantitative estimate of drug-likeness (QED) is 0.517. The Balaban J connectivity index is 1.42. The zero-order chi connectivity index (χ0) is 20.7. The van der Waals surface area contributed by atoms with Crippen molar-refractivity contribution in [1.29, 1.82) is 0 Å². The number of ether oxygens (including phenoxy) is 2. The molecule has 3 rings (SSSR count). The molecule has 2 aliphatic heterocycles. The van der Waals surface area contributed by atoms with Gasteiger partial charge in [0.1, 0.15) is 5.60 Å². The number of aliphatic hydroxyl groups is 2. The Morgan fingerprint density at radius 3 is 2.41 bits per heavy atom. The normalized spacial score (nSPS) is 37.1. The lowest BCUT2D eigenvalue weighted by molar-refractivity contribution is -0.306. The number of rotatable bonds is 10. The fraction of sp³-hybridized carbons (Fsp3) is 0.875. The maximum absolute atomic E-state index is 11.6. The average molecular weight is 409 g/mol. The standard InChI is InChI=1S/C24H40O5/c1-2-3-4-5-6-7-8-9-10-11-21-16-20(26)18-24(28-21)15-14-23(29-24)13-12-19(25)17-22(23)27/h12-13,20-22,26-27H,2-11,14-18H2,1H3/t20-,21-,22+,23+,24-/m1/s1. The first kappa shape index (κ1) is 22.9. The van der Waals surface area contributed by atoms with E-state index in [2.05, 4.69) is 6.92 Å². The minimum absolute atomic E-state index is 0.00444. The number of ketones is 1. The summed E-state index contributed by atoms with van der Waals surface area (Å²) >= 11 is 0. The van der Waals surface area contributed by atoms with Crippen LogP contribution in [0.4, 0.5) is 0 Å². The molecule has 29 heavy (non-hydrogen) atoms. The van der Waals surface area contributed by atoms with E-state index in [-0.39, 0.29) is 18.3 Å². The number of unbranched alkanes of at least 4 members (excludes halogenated alkanes) is 8. The Labute approximate surface area is 175 Å². The molecule has 5 atom stereocenters. The van der Waals surface area contributed by atoms with E-state index in [1.807, 2.05) is 0 Å². The summed E-state index contributed by atoms with van der Waals surface area (Å²) in [7, 11) is 0. The van der Waals surface area contributed by atoms with Gasteiger partial charge in [0.05, 0.1) is 18.3 Å². The molecule has 0 saturated carbocycles. The van der Waals surface area contributed by atoms with Crippen LogP contribution >= 0.6 is 0 Å². The molecule has 0 unspecified atom stereocenters. The van der Waals surface area contributed by atoms with Crippen molar-refractivity contribution in [2.24, 2.45) is 0 Å². The van der Waals surface area contributed by atoms with Gasteiger partial charge in [-0.15, -0.1) is 0 Å². The van der Waals surface area contributed by atoms with Crippen LogP contribution in [-0.4, -0.2) is 45.7 Å². The number of carbonyl (C=O) groups excluding carboxylic acids is 1. The highest BCUT2D eigenvalue weighted by Gasteiger charge is 2.56. The van der Waals surface area contributed by atoms with Crippen LogP contribution in [0.15, 0.2) is 12.2 Å². The van der Waals surface area contributed by atoms with Crippen molar-refractivity contribution < 1.29 is 24.5 Å². The Bertz CT molecular complexity index is 561. The highest BCUT2D eigenvalue weighted by atomic mass is 16.7. The van der Waals surface area contributed by atoms with E-state index in [1.165, 1.54) is 57.4 Å². The number of aliphatic hydroxyl groups excluding tert-OH is 2. The Hall–Kier alpha value is -0.750. The lowest BCUT2D eigenvalue weighted by Crippen LogP contribution is -2.51. The van der Waals surface area contributed by atoms with E-state index in [0.717, 1.165) is 12.8 Å². The van der Waals surface area contributed by atoms with Crippen molar-refractivity contribution in [3.63, 3.8) is 0 Å². The minimum atomic E-state index is -0.840. The molecule has 2 N–H and O–H groups in total. The molecule has 5 heteroatoms. The summed E-state index contributed by atoms with van der Waals surface area (Å²) in [5.74, 6) is -0.895. The third kappa shape index (κ3) is 6.13. The molecule has 5 nitrogen and oxygen atoms in total. The number of hydrogen-bond acceptors (Lipinski definition) is 5. The van der Waals surface area contributed by atoms with Gasteiger partial charge in [0.25, 0.3) is 0 Å². The van der Waals surface area contributed by atoms with Crippen LogP contribution in [0, 0.1) is 0 Å². The van der Waals surface area contributed by atoms with Crippen molar-refractivity contribution in [1.82, 2.24) is 0 Å². The van der Waals surface area contributed by atoms with Crippen LogP contribution in [0.1, 0.15) is 103 Å². The zero-order valence-electron chi connectivity index (χ0n) is 18.1. The van der Waals surface area contributed by atoms with Gasteiger partial charge in [-0.2, -0.15) is 0 Å². The Morgan fingerprint density at radius 1 is 1.03 bits per heavy atom. The second-order valence-electron chi connectivity index (χ2n) is 9.44. The van der Waals surface area contributed by atoms with Gasteiger partial charge in [-0.05, 0) is 31.4 Å². The van der Waals surface area contributed by atoms with Gasteiger partial charge in [0.2, 0.25) is 0 Å². The number of hydrogen-bond donors (Lipinski definition) is 2. The van der Waals surface area contributed by atoms with Gasteiger partial charge in [-0.25, -0.2) is 0 Å². The van der Waals surface area contributed by atoms with Gasteiger partial charge in [0.15, 0.2) is 11.6 Å². The van der Waals surface area contributed by atoms with Gasteiger partial charge < -0.3 is 19.7 Å². The van der Waals surface area contributed by atoms with Crippen molar-refractivity contribution in [3.8, 4) is 0 Å². The monoisotopic (exact) mass is 408 g/mol. The van der Waals surface area contributed by atoms with Crippen LogP contribution in [0.25, 0.3) is 0 Å². The van der Waals surface area contributed by atoms with E-state index in [1.54, 1.807) is 6.08 Å². The number of allylic oxidation sites excluding steroid dienone is 1. The largest absolute Gasteiger partial charge is 0.393 e. The second kappa shape index (κ2) is 10.5. The van der Waals surface area contributed by atoms with Crippen molar-refractivity contribution in [2.45, 2.75) is 133 Å². The maximum Gasteiger partial charge on any atom is 0.172 e. The first-order valence-electron chi connectivity index (χ1n) is 11.9. The molecule has 2 heterocycles. The van der Waals surface area contributed by atoms with E-state index in [9.17, 15) is 15.0 Å². The first-order chi connectivity index (χ1) is 14.0. The van der Waals surface area contributed by atoms with Crippen LogP contribution in [0.3, 0.4) is 0 Å². The molecule has 3 aliphatic rings. The summed E-state index contributed by atoms with van der Waals surface area (Å²) in [6.45, 7) is 2.25. The predicted molar refractivity (Wildman–Crippen MR) is 113 cm³/mol. The molecular formula is C24H40O5. The van der Waals surface area contributed by atoms with Gasteiger partial charge in [0, 0.05) is 19.3 Å². The van der Waals surface area contributed by atoms with Crippen LogP contribution in [0.2, 0.25) is 0 Å². The highest BCUT2D eigenvalue weighted by molar-refractivity contribution is 5.91. The summed E-state index contributed by atoms with van der Waals surface area (Å²) in [4.78, 5) is 11.6. The summed E-state index contributed by atoms with van der Waals surface area (Å²) in [6.07, 6.45) is 17.0. The molecule has 1 aliphatic carbocycles. The van der Waals surface area contributed by atoms with Crippen molar-refractivity contribution in [3.05, 3.63) is 12.2 Å². The maximum atomic E-state index is 11.6. The fourth-order valence-electron chi connectivity index (χ4n) is 5.19. The van der Waals surface area contributed by atoms with Gasteiger partial charge >= 0.3 is 0 Å². The van der Waals surface area contributed by atoms with Gasteiger partial charge in [-0.3, -0.25) is 4.79 Å².